The van der Waals surface area contributed by atoms with E-state index in [1.165, 1.54) is 0 Å². The predicted octanol–water partition coefficient (Wildman–Crippen LogP) is 0.399. The number of nitrogens with one attached hydrogen (secondary N) is 1. The van der Waals surface area contributed by atoms with Crippen molar-refractivity contribution in [2.24, 2.45) is 5.73 Å². The minimum absolute atomic E-state index is 0.454. The van der Waals surface area contributed by atoms with Gasteiger partial charge in [-0.1, -0.05) is 17.7 Å². The second kappa shape index (κ2) is 6.39. The summed E-state index contributed by atoms with van der Waals surface area (Å²) in [4.78, 5) is 34.1. The Labute approximate surface area is 110 Å². The van der Waals surface area contributed by atoms with Gasteiger partial charge in [0.2, 0.25) is 5.91 Å². The van der Waals surface area contributed by atoms with Crippen molar-refractivity contribution < 1.29 is 19.5 Å². The minimum Gasteiger partial charge on any atom is -0.480 e. The van der Waals surface area contributed by atoms with E-state index in [0.29, 0.717) is 5.69 Å². The number of hydrogen-bond acceptors (Lipinski definition) is 3. The SMILES string of the molecule is Cc1ccc(NC(=O)N(CC(N)=O)CC(=O)O)cc1. The molecule has 3 amide bonds. The first-order chi connectivity index (χ1) is 8.88. The molecule has 1 aromatic carbocycles. The number of aryl methyl sites for hydroxylation is 1. The third-order valence-corrected chi connectivity index (χ3v) is 2.26. The molecule has 0 fully saturated rings. The maximum absolute atomic E-state index is 11.8. The van der Waals surface area contributed by atoms with E-state index in [9.17, 15) is 14.4 Å². The van der Waals surface area contributed by atoms with Gasteiger partial charge in [0.1, 0.15) is 13.1 Å². The van der Waals surface area contributed by atoms with E-state index in [0.717, 1.165) is 10.5 Å². The summed E-state index contributed by atoms with van der Waals surface area (Å²) in [6.45, 7) is 0.847. The number of urea groups is 1. The first kappa shape index (κ1) is 14.5. The number of carboxylic acid groups (broad SMARTS) is 1. The van der Waals surface area contributed by atoms with Gasteiger partial charge in [-0.2, -0.15) is 0 Å². The van der Waals surface area contributed by atoms with Gasteiger partial charge in [-0.15, -0.1) is 0 Å². The molecule has 1 rings (SSSR count). The molecule has 19 heavy (non-hydrogen) atoms. The molecule has 102 valence electrons. The highest BCUT2D eigenvalue weighted by Gasteiger charge is 2.18. The zero-order chi connectivity index (χ0) is 14.4. The molecule has 1 aromatic rings. The molecule has 0 aliphatic carbocycles. The summed E-state index contributed by atoms with van der Waals surface area (Å²) in [6, 6.07) is 6.26. The van der Waals surface area contributed by atoms with Crippen LogP contribution < -0.4 is 11.1 Å². The Morgan fingerprint density at radius 1 is 1.21 bits per heavy atom. The molecule has 0 radical (unpaired) electrons. The number of rotatable bonds is 5. The number of amides is 3. The van der Waals surface area contributed by atoms with Gasteiger partial charge in [0.25, 0.3) is 0 Å². The van der Waals surface area contributed by atoms with Crippen molar-refractivity contribution >= 4 is 23.6 Å². The van der Waals surface area contributed by atoms with Crippen LogP contribution in [0.3, 0.4) is 0 Å². The number of benzene rings is 1. The van der Waals surface area contributed by atoms with E-state index in [-0.39, 0.29) is 0 Å². The van der Waals surface area contributed by atoms with Crippen molar-refractivity contribution in [3.63, 3.8) is 0 Å². The summed E-state index contributed by atoms with van der Waals surface area (Å²) in [7, 11) is 0. The second-order valence-corrected chi connectivity index (χ2v) is 4.01. The van der Waals surface area contributed by atoms with Crippen LogP contribution in [-0.4, -0.2) is 41.0 Å². The lowest BCUT2D eigenvalue weighted by atomic mass is 10.2. The number of hydrogen-bond donors (Lipinski definition) is 3. The van der Waals surface area contributed by atoms with Gasteiger partial charge in [0, 0.05) is 5.69 Å². The molecule has 0 bridgehead atoms. The molecule has 0 atom stereocenters. The fourth-order valence-electron chi connectivity index (χ4n) is 1.39. The van der Waals surface area contributed by atoms with E-state index in [2.05, 4.69) is 5.32 Å². The third kappa shape index (κ3) is 5.07. The average molecular weight is 265 g/mol. The molecule has 0 aliphatic rings. The van der Waals surface area contributed by atoms with E-state index < -0.39 is 31.0 Å². The lowest BCUT2D eigenvalue weighted by molar-refractivity contribution is -0.137. The van der Waals surface area contributed by atoms with E-state index in [1.54, 1.807) is 24.3 Å². The second-order valence-electron chi connectivity index (χ2n) is 4.01. The Hall–Kier alpha value is -2.57. The first-order valence-corrected chi connectivity index (χ1v) is 5.51. The van der Waals surface area contributed by atoms with Crippen molar-refractivity contribution in [3.05, 3.63) is 29.8 Å². The molecular formula is C12H15N3O4. The highest BCUT2D eigenvalue weighted by molar-refractivity contribution is 5.93. The average Bonchev–Trinajstić information content (AvgIpc) is 2.30. The van der Waals surface area contributed by atoms with E-state index in [1.807, 2.05) is 6.92 Å². The van der Waals surface area contributed by atoms with Crippen LogP contribution in [0.15, 0.2) is 24.3 Å². The van der Waals surface area contributed by atoms with E-state index in [4.69, 9.17) is 10.8 Å². The zero-order valence-corrected chi connectivity index (χ0v) is 10.4. The van der Waals surface area contributed by atoms with Crippen LogP contribution in [0.25, 0.3) is 0 Å². The van der Waals surface area contributed by atoms with Crippen LogP contribution in [0.5, 0.6) is 0 Å². The molecule has 7 heteroatoms. The number of aliphatic carboxylic acids is 1. The molecular weight excluding hydrogens is 250 g/mol. The molecule has 0 heterocycles. The van der Waals surface area contributed by atoms with Crippen molar-refractivity contribution in [2.75, 3.05) is 18.4 Å². The van der Waals surface area contributed by atoms with E-state index >= 15 is 0 Å². The molecule has 0 aliphatic heterocycles. The van der Waals surface area contributed by atoms with Gasteiger partial charge in [0.05, 0.1) is 0 Å². The van der Waals surface area contributed by atoms with Crippen molar-refractivity contribution in [2.45, 2.75) is 6.92 Å². The van der Waals surface area contributed by atoms with Gasteiger partial charge in [-0.05, 0) is 19.1 Å². The van der Waals surface area contributed by atoms with Gasteiger partial charge in [-0.3, -0.25) is 9.59 Å². The van der Waals surface area contributed by atoms with Crippen molar-refractivity contribution in [1.82, 2.24) is 4.90 Å². The van der Waals surface area contributed by atoms with Crippen molar-refractivity contribution in [1.29, 1.82) is 0 Å². The quantitative estimate of drug-likeness (QED) is 0.715. The number of carbonyl (C=O) groups excluding carboxylic acids is 2. The molecule has 0 saturated heterocycles. The van der Waals surface area contributed by atoms with Gasteiger partial charge < -0.3 is 21.1 Å². The smallest absolute Gasteiger partial charge is 0.323 e. The summed E-state index contributed by atoms with van der Waals surface area (Å²) >= 11 is 0. The number of primary amides is 1. The Morgan fingerprint density at radius 3 is 2.26 bits per heavy atom. The summed E-state index contributed by atoms with van der Waals surface area (Å²) in [6.07, 6.45) is 0. The van der Waals surface area contributed by atoms with Crippen molar-refractivity contribution in [3.8, 4) is 0 Å². The predicted molar refractivity (Wildman–Crippen MR) is 68.6 cm³/mol. The summed E-state index contributed by atoms with van der Waals surface area (Å²) in [5, 5.41) is 11.2. The third-order valence-electron chi connectivity index (χ3n) is 2.26. The van der Waals surface area contributed by atoms with Crippen LogP contribution in [0.1, 0.15) is 5.56 Å². The van der Waals surface area contributed by atoms with Crippen LogP contribution >= 0.6 is 0 Å². The Balaban J connectivity index is 2.73. The molecule has 0 saturated carbocycles. The molecule has 4 N–H and O–H groups in total. The minimum atomic E-state index is -1.22. The number of nitrogens with two attached hydrogens (primary N) is 1. The van der Waals surface area contributed by atoms with Crippen LogP contribution in [0, 0.1) is 6.92 Å². The summed E-state index contributed by atoms with van der Waals surface area (Å²) in [5.74, 6) is -2.00. The Morgan fingerprint density at radius 2 is 1.79 bits per heavy atom. The molecule has 0 aromatic heterocycles. The summed E-state index contributed by atoms with van der Waals surface area (Å²) in [5.41, 5.74) is 6.50. The summed E-state index contributed by atoms with van der Waals surface area (Å²) < 4.78 is 0. The largest absolute Gasteiger partial charge is 0.480 e. The highest BCUT2D eigenvalue weighted by Crippen LogP contribution is 2.09. The lowest BCUT2D eigenvalue weighted by Gasteiger charge is -2.19. The molecule has 0 spiro atoms. The number of carbonyl (C=O) groups is 3. The van der Waals surface area contributed by atoms with Gasteiger partial charge >= 0.3 is 12.0 Å². The number of carboxylic acids is 1. The normalized spacial score (nSPS) is 9.74. The number of anilines is 1. The molecule has 7 nitrogen and oxygen atoms in total. The maximum atomic E-state index is 11.8. The standard InChI is InChI=1S/C12H15N3O4/c1-8-2-4-9(5-3-8)14-12(19)15(6-10(13)16)7-11(17)18/h2-5H,6-7H2,1H3,(H2,13,16)(H,14,19)(H,17,18). The first-order valence-electron chi connectivity index (χ1n) is 5.51. The topological polar surface area (TPSA) is 113 Å². The fourth-order valence-corrected chi connectivity index (χ4v) is 1.39. The maximum Gasteiger partial charge on any atom is 0.323 e. The van der Waals surface area contributed by atoms with Crippen LogP contribution in [0.4, 0.5) is 10.5 Å². The van der Waals surface area contributed by atoms with Crippen LogP contribution in [-0.2, 0) is 9.59 Å². The van der Waals surface area contributed by atoms with Gasteiger partial charge in [-0.25, -0.2) is 4.79 Å². The zero-order valence-electron chi connectivity index (χ0n) is 10.4. The van der Waals surface area contributed by atoms with Crippen LogP contribution in [0.2, 0.25) is 0 Å². The molecule has 0 unspecified atom stereocenters. The fraction of sp³-hybridized carbons (Fsp3) is 0.250. The lowest BCUT2D eigenvalue weighted by Crippen LogP contribution is -2.43. The van der Waals surface area contributed by atoms with Gasteiger partial charge in [0.15, 0.2) is 0 Å². The Bertz CT molecular complexity index is 468. The number of nitrogens with zero attached hydrogens (tertiary/aromatic N) is 1. The highest BCUT2D eigenvalue weighted by atomic mass is 16.4. The Kier molecular flexibility index (Phi) is 4.87. The monoisotopic (exact) mass is 265 g/mol.